The van der Waals surface area contributed by atoms with E-state index in [4.69, 9.17) is 12.2 Å². The molecule has 0 atom stereocenters. The minimum absolute atomic E-state index is 0.443. The smallest absolute Gasteiger partial charge is 0.213 e. The molecule has 5 nitrogen and oxygen atoms in total. The van der Waals surface area contributed by atoms with E-state index in [0.29, 0.717) is 10.6 Å². The first kappa shape index (κ1) is 12.8. The highest BCUT2D eigenvalue weighted by Gasteiger charge is 2.13. The number of nitrogens with zero attached hydrogens (tertiary/aromatic N) is 3. The van der Waals surface area contributed by atoms with Crippen molar-refractivity contribution in [2.75, 3.05) is 0 Å². The Balaban J connectivity index is 2.13. The minimum atomic E-state index is 0.443. The number of benzene rings is 1. The molecule has 0 saturated carbocycles. The zero-order valence-corrected chi connectivity index (χ0v) is 12.4. The summed E-state index contributed by atoms with van der Waals surface area (Å²) in [5.41, 5.74) is 5.48. The van der Waals surface area contributed by atoms with Crippen molar-refractivity contribution in [3.05, 3.63) is 46.0 Å². The zero-order chi connectivity index (χ0) is 14.3. The Morgan fingerprint density at radius 2 is 1.95 bits per heavy atom. The Hall–Kier alpha value is -2.21. The van der Waals surface area contributed by atoms with Gasteiger partial charge in [0.1, 0.15) is 0 Å². The Bertz CT molecular complexity index is 824. The number of aryl methyl sites for hydroxylation is 2. The minimum Gasteiger partial charge on any atom is -0.282 e. The molecule has 0 fully saturated rings. The second kappa shape index (κ2) is 4.72. The van der Waals surface area contributed by atoms with Crippen LogP contribution in [0.4, 0.5) is 0 Å². The molecule has 0 aliphatic heterocycles. The standard InChI is InChI=1S/C14H15N5S/c1-8-4-5-12(9(2)6-8)19-10(3)11(7-15-19)13-16-14(20)18-17-13/h4-7H,1-3H3,(H2,16,17,18,20). The molecular formula is C14H15N5S. The van der Waals surface area contributed by atoms with Gasteiger partial charge in [-0.2, -0.15) is 10.1 Å². The molecule has 102 valence electrons. The molecule has 0 saturated heterocycles. The topological polar surface area (TPSA) is 62.3 Å². The van der Waals surface area contributed by atoms with Crippen LogP contribution in [0.1, 0.15) is 16.8 Å². The van der Waals surface area contributed by atoms with Crippen LogP contribution in [-0.2, 0) is 0 Å². The van der Waals surface area contributed by atoms with Crippen LogP contribution in [0.5, 0.6) is 0 Å². The third kappa shape index (κ3) is 2.08. The fraction of sp³-hybridized carbons (Fsp3) is 0.214. The lowest BCUT2D eigenvalue weighted by Crippen LogP contribution is -2.01. The van der Waals surface area contributed by atoms with Crippen molar-refractivity contribution < 1.29 is 0 Å². The molecule has 20 heavy (non-hydrogen) atoms. The Labute approximate surface area is 121 Å². The van der Waals surface area contributed by atoms with Gasteiger partial charge < -0.3 is 0 Å². The van der Waals surface area contributed by atoms with E-state index >= 15 is 0 Å². The molecule has 1 aromatic carbocycles. The van der Waals surface area contributed by atoms with Crippen molar-refractivity contribution in [1.82, 2.24) is 25.0 Å². The second-order valence-electron chi connectivity index (χ2n) is 4.86. The van der Waals surface area contributed by atoms with Gasteiger partial charge in [0.25, 0.3) is 0 Å². The first-order chi connectivity index (χ1) is 9.56. The highest BCUT2D eigenvalue weighted by molar-refractivity contribution is 7.71. The van der Waals surface area contributed by atoms with Gasteiger partial charge >= 0.3 is 0 Å². The number of hydrogen-bond acceptors (Lipinski definition) is 3. The van der Waals surface area contributed by atoms with Crippen molar-refractivity contribution in [2.45, 2.75) is 20.8 Å². The predicted molar refractivity (Wildman–Crippen MR) is 80.5 cm³/mol. The van der Waals surface area contributed by atoms with Gasteiger partial charge in [0.05, 0.1) is 23.1 Å². The highest BCUT2D eigenvalue weighted by atomic mass is 32.1. The molecule has 0 aliphatic carbocycles. The molecule has 2 aromatic heterocycles. The van der Waals surface area contributed by atoms with Crippen molar-refractivity contribution in [3.63, 3.8) is 0 Å². The Kier molecular flexibility index (Phi) is 3.02. The Morgan fingerprint density at radius 3 is 2.60 bits per heavy atom. The van der Waals surface area contributed by atoms with E-state index in [-0.39, 0.29) is 0 Å². The van der Waals surface area contributed by atoms with Gasteiger partial charge in [0.2, 0.25) is 4.77 Å². The maximum atomic E-state index is 4.99. The van der Waals surface area contributed by atoms with E-state index < -0.39 is 0 Å². The molecule has 0 radical (unpaired) electrons. The molecule has 0 bridgehead atoms. The Morgan fingerprint density at radius 1 is 1.15 bits per heavy atom. The molecular weight excluding hydrogens is 270 g/mol. The lowest BCUT2D eigenvalue weighted by Gasteiger charge is -2.09. The largest absolute Gasteiger partial charge is 0.282 e. The molecule has 0 unspecified atom stereocenters. The van der Waals surface area contributed by atoms with Crippen molar-refractivity contribution in [1.29, 1.82) is 0 Å². The third-order valence-electron chi connectivity index (χ3n) is 3.35. The van der Waals surface area contributed by atoms with Gasteiger partial charge in [-0.15, -0.1) is 0 Å². The molecule has 0 amide bonds. The normalized spacial score (nSPS) is 10.9. The summed E-state index contributed by atoms with van der Waals surface area (Å²) in [6, 6.07) is 6.32. The number of aromatic amines is 2. The van der Waals surface area contributed by atoms with Crippen molar-refractivity contribution >= 4 is 12.2 Å². The molecule has 2 N–H and O–H groups in total. The molecule has 0 aliphatic rings. The summed E-state index contributed by atoms with van der Waals surface area (Å²) in [5, 5.41) is 10.2. The third-order valence-corrected chi connectivity index (χ3v) is 3.54. The lowest BCUT2D eigenvalue weighted by molar-refractivity contribution is 0.840. The molecule has 2 heterocycles. The van der Waals surface area contributed by atoms with Crippen LogP contribution in [0.15, 0.2) is 24.4 Å². The average molecular weight is 285 g/mol. The van der Waals surface area contributed by atoms with E-state index in [1.54, 1.807) is 6.20 Å². The summed E-state index contributed by atoms with van der Waals surface area (Å²) in [5.74, 6) is 0.712. The number of nitrogens with one attached hydrogen (secondary N) is 2. The molecule has 6 heteroatoms. The van der Waals surface area contributed by atoms with Crippen LogP contribution < -0.4 is 0 Å². The maximum absolute atomic E-state index is 4.99. The maximum Gasteiger partial charge on any atom is 0.213 e. The van der Waals surface area contributed by atoms with Gasteiger partial charge in [0.15, 0.2) is 5.82 Å². The predicted octanol–water partition coefficient (Wildman–Crippen LogP) is 3.25. The number of rotatable bonds is 2. The number of H-pyrrole nitrogens is 2. The van der Waals surface area contributed by atoms with Crippen LogP contribution in [0, 0.1) is 25.5 Å². The molecule has 3 rings (SSSR count). The summed E-state index contributed by atoms with van der Waals surface area (Å²) in [6.07, 6.45) is 1.80. The molecule has 0 spiro atoms. The van der Waals surface area contributed by atoms with Crippen LogP contribution in [-0.4, -0.2) is 25.0 Å². The van der Waals surface area contributed by atoms with E-state index in [2.05, 4.69) is 52.3 Å². The quantitative estimate of drug-likeness (QED) is 0.710. The fourth-order valence-electron chi connectivity index (χ4n) is 2.33. The SMILES string of the molecule is Cc1ccc(-n2ncc(-c3nc(=S)[nH][nH]3)c2C)c(C)c1. The van der Waals surface area contributed by atoms with Gasteiger partial charge in [0, 0.05) is 0 Å². The fourth-order valence-corrected chi connectivity index (χ4v) is 2.47. The van der Waals surface area contributed by atoms with E-state index in [1.807, 2.05) is 11.6 Å². The van der Waals surface area contributed by atoms with Crippen molar-refractivity contribution in [2.24, 2.45) is 0 Å². The number of aromatic nitrogens is 5. The van der Waals surface area contributed by atoms with Crippen LogP contribution in [0.25, 0.3) is 17.1 Å². The van der Waals surface area contributed by atoms with Gasteiger partial charge in [-0.25, -0.2) is 4.68 Å². The summed E-state index contributed by atoms with van der Waals surface area (Å²) in [4.78, 5) is 4.24. The zero-order valence-electron chi connectivity index (χ0n) is 11.6. The van der Waals surface area contributed by atoms with Crippen LogP contribution >= 0.6 is 12.2 Å². The highest BCUT2D eigenvalue weighted by Crippen LogP contribution is 2.23. The summed E-state index contributed by atoms with van der Waals surface area (Å²) < 4.78 is 2.37. The lowest BCUT2D eigenvalue weighted by atomic mass is 10.1. The van der Waals surface area contributed by atoms with E-state index in [0.717, 1.165) is 16.9 Å². The van der Waals surface area contributed by atoms with Gasteiger partial charge in [-0.3, -0.25) is 10.2 Å². The number of hydrogen-bond donors (Lipinski definition) is 2. The first-order valence-corrected chi connectivity index (χ1v) is 6.74. The molecule has 3 aromatic rings. The van der Waals surface area contributed by atoms with Gasteiger partial charge in [-0.1, -0.05) is 17.7 Å². The van der Waals surface area contributed by atoms with Gasteiger partial charge in [-0.05, 0) is 44.6 Å². The van der Waals surface area contributed by atoms with Crippen LogP contribution in [0.3, 0.4) is 0 Å². The average Bonchev–Trinajstić information content (AvgIpc) is 2.96. The summed E-state index contributed by atoms with van der Waals surface area (Å²) >= 11 is 4.99. The monoisotopic (exact) mass is 285 g/mol. The van der Waals surface area contributed by atoms with Crippen molar-refractivity contribution in [3.8, 4) is 17.1 Å². The first-order valence-electron chi connectivity index (χ1n) is 6.33. The van der Waals surface area contributed by atoms with Crippen LogP contribution in [0.2, 0.25) is 0 Å². The van der Waals surface area contributed by atoms with E-state index in [9.17, 15) is 0 Å². The summed E-state index contributed by atoms with van der Waals surface area (Å²) in [6.45, 7) is 6.19. The summed E-state index contributed by atoms with van der Waals surface area (Å²) in [7, 11) is 0. The second-order valence-corrected chi connectivity index (χ2v) is 5.25. The van der Waals surface area contributed by atoms with E-state index in [1.165, 1.54) is 11.1 Å².